The van der Waals surface area contributed by atoms with Gasteiger partial charge in [-0.3, -0.25) is 14.0 Å². The van der Waals surface area contributed by atoms with Crippen molar-refractivity contribution in [2.24, 2.45) is 5.73 Å². The number of rotatable bonds is 2. The Labute approximate surface area is 68.7 Å². The van der Waals surface area contributed by atoms with Crippen LogP contribution in [0, 0.1) is 0 Å². The van der Waals surface area contributed by atoms with E-state index in [0.29, 0.717) is 18.1 Å². The van der Waals surface area contributed by atoms with E-state index < -0.39 is 10.6 Å². The van der Waals surface area contributed by atoms with E-state index in [2.05, 4.69) is 4.90 Å². The average molecular weight is 180 g/mol. The molecule has 1 rings (SSSR count). The Morgan fingerprint density at radius 1 is 1.27 bits per heavy atom. The van der Waals surface area contributed by atoms with Crippen LogP contribution in [0.25, 0.3) is 0 Å². The Morgan fingerprint density at radius 2 is 1.82 bits per heavy atom. The zero-order valence-electron chi connectivity index (χ0n) is 6.57. The molecule has 0 amide bonds. The van der Waals surface area contributed by atoms with Crippen LogP contribution in [-0.4, -0.2) is 51.7 Å². The smallest absolute Gasteiger partial charge is 0.0502 e. The lowest BCUT2D eigenvalue weighted by molar-refractivity contribution is 0.293. The van der Waals surface area contributed by atoms with Crippen molar-refractivity contribution in [3.63, 3.8) is 0 Å². The predicted molar refractivity (Wildman–Crippen MR) is 48.1 cm³/mol. The molecule has 4 nitrogen and oxygen atoms in total. The second-order valence-electron chi connectivity index (χ2n) is 2.84. The maximum absolute atomic E-state index is 9.24. The summed E-state index contributed by atoms with van der Waals surface area (Å²) in [6.07, 6.45) is 0. The summed E-state index contributed by atoms with van der Waals surface area (Å²) in [5.41, 5.74) is 5.37. The van der Waals surface area contributed by atoms with Gasteiger partial charge in [0.25, 0.3) is 0 Å². The highest BCUT2D eigenvalue weighted by Crippen LogP contribution is 2.39. The van der Waals surface area contributed by atoms with E-state index in [9.17, 15) is 9.11 Å². The SMILES string of the molecule is NCCN1CCS(O)(O)CC1. The van der Waals surface area contributed by atoms with Crippen LogP contribution in [0.2, 0.25) is 0 Å². The number of nitrogens with zero attached hydrogens (tertiary/aromatic N) is 1. The van der Waals surface area contributed by atoms with Gasteiger partial charge in [0, 0.05) is 26.2 Å². The molecule has 1 aliphatic rings. The fourth-order valence-electron chi connectivity index (χ4n) is 1.17. The topological polar surface area (TPSA) is 69.7 Å². The molecule has 0 bridgehead atoms. The van der Waals surface area contributed by atoms with Crippen LogP contribution in [0.5, 0.6) is 0 Å². The second kappa shape index (κ2) is 3.73. The summed E-state index contributed by atoms with van der Waals surface area (Å²) < 4.78 is 18.5. The molecule has 1 heterocycles. The van der Waals surface area contributed by atoms with E-state index in [1.165, 1.54) is 0 Å². The largest absolute Gasteiger partial charge is 0.329 e. The zero-order chi connectivity index (χ0) is 8.32. The van der Waals surface area contributed by atoms with Crippen LogP contribution in [0.3, 0.4) is 0 Å². The Hall–Kier alpha value is 0.190. The van der Waals surface area contributed by atoms with Crippen LogP contribution in [-0.2, 0) is 0 Å². The monoisotopic (exact) mass is 180 g/mol. The van der Waals surface area contributed by atoms with Gasteiger partial charge in [0.15, 0.2) is 0 Å². The molecule has 0 saturated carbocycles. The summed E-state index contributed by atoms with van der Waals surface area (Å²) in [6.45, 7) is 3.08. The minimum atomic E-state index is -2.22. The first kappa shape index (κ1) is 9.28. The van der Waals surface area contributed by atoms with Crippen molar-refractivity contribution in [3.8, 4) is 0 Å². The molecule has 0 aromatic rings. The lowest BCUT2D eigenvalue weighted by Crippen LogP contribution is -2.40. The standard InChI is InChI=1S/C6H16N2O2S/c7-1-2-8-3-5-11(9,10)6-4-8/h9-10H,1-7H2. The van der Waals surface area contributed by atoms with Crippen LogP contribution in [0.1, 0.15) is 0 Å². The average Bonchev–Trinajstić information content (AvgIpc) is 1.94. The summed E-state index contributed by atoms with van der Waals surface area (Å²) >= 11 is 0. The van der Waals surface area contributed by atoms with Crippen LogP contribution < -0.4 is 5.73 Å². The van der Waals surface area contributed by atoms with Crippen LogP contribution >= 0.6 is 10.6 Å². The fraction of sp³-hybridized carbons (Fsp3) is 1.00. The lowest BCUT2D eigenvalue weighted by Gasteiger charge is -2.40. The molecule has 0 atom stereocenters. The van der Waals surface area contributed by atoms with Crippen molar-refractivity contribution in [2.75, 3.05) is 37.7 Å². The van der Waals surface area contributed by atoms with Gasteiger partial charge in [-0.05, 0) is 0 Å². The Bertz CT molecular complexity index is 122. The molecular weight excluding hydrogens is 164 g/mol. The highest BCUT2D eigenvalue weighted by molar-refractivity contribution is 8.24. The lowest BCUT2D eigenvalue weighted by atomic mass is 10.5. The third kappa shape index (κ3) is 2.96. The van der Waals surface area contributed by atoms with Crippen molar-refractivity contribution in [3.05, 3.63) is 0 Å². The van der Waals surface area contributed by atoms with Gasteiger partial charge in [0.2, 0.25) is 0 Å². The highest BCUT2D eigenvalue weighted by atomic mass is 32.3. The van der Waals surface area contributed by atoms with E-state index in [-0.39, 0.29) is 0 Å². The van der Waals surface area contributed by atoms with Gasteiger partial charge < -0.3 is 5.73 Å². The molecule has 0 unspecified atom stereocenters. The molecule has 0 aromatic carbocycles. The van der Waals surface area contributed by atoms with Crippen LogP contribution in [0.15, 0.2) is 0 Å². The van der Waals surface area contributed by atoms with Gasteiger partial charge in [-0.1, -0.05) is 0 Å². The minimum absolute atomic E-state index is 0.521. The number of hydrogen-bond acceptors (Lipinski definition) is 4. The zero-order valence-corrected chi connectivity index (χ0v) is 7.39. The summed E-state index contributed by atoms with van der Waals surface area (Å²) in [7, 11) is -2.22. The van der Waals surface area contributed by atoms with Crippen molar-refractivity contribution in [1.82, 2.24) is 4.90 Å². The van der Waals surface area contributed by atoms with Gasteiger partial charge in [0.1, 0.15) is 0 Å². The molecule has 1 aliphatic heterocycles. The van der Waals surface area contributed by atoms with E-state index in [4.69, 9.17) is 5.73 Å². The van der Waals surface area contributed by atoms with Crippen molar-refractivity contribution in [2.45, 2.75) is 0 Å². The number of nitrogens with two attached hydrogens (primary N) is 1. The van der Waals surface area contributed by atoms with E-state index in [1.54, 1.807) is 0 Å². The number of hydrogen-bond donors (Lipinski definition) is 3. The minimum Gasteiger partial charge on any atom is -0.329 e. The van der Waals surface area contributed by atoms with Crippen molar-refractivity contribution >= 4 is 10.6 Å². The van der Waals surface area contributed by atoms with Crippen molar-refractivity contribution < 1.29 is 9.11 Å². The maximum Gasteiger partial charge on any atom is 0.0502 e. The molecule has 4 N–H and O–H groups in total. The Balaban J connectivity index is 2.25. The molecule has 1 fully saturated rings. The summed E-state index contributed by atoms with van der Waals surface area (Å²) in [5.74, 6) is 1.04. The van der Waals surface area contributed by atoms with Gasteiger partial charge in [0.05, 0.1) is 11.5 Å². The summed E-state index contributed by atoms with van der Waals surface area (Å²) in [5, 5.41) is 0. The van der Waals surface area contributed by atoms with Gasteiger partial charge >= 0.3 is 0 Å². The summed E-state index contributed by atoms with van der Waals surface area (Å²) in [6, 6.07) is 0. The third-order valence-electron chi connectivity index (χ3n) is 1.91. The fourth-order valence-corrected chi connectivity index (χ4v) is 2.48. The second-order valence-corrected chi connectivity index (χ2v) is 5.26. The molecule has 68 valence electrons. The molecule has 1 saturated heterocycles. The molecule has 0 radical (unpaired) electrons. The predicted octanol–water partition coefficient (Wildman–Crippen LogP) is 0.0113. The molecule has 0 aliphatic carbocycles. The molecule has 0 aromatic heterocycles. The molecule has 5 heteroatoms. The quantitative estimate of drug-likeness (QED) is 0.560. The highest BCUT2D eigenvalue weighted by Gasteiger charge is 2.20. The van der Waals surface area contributed by atoms with Crippen LogP contribution in [0.4, 0.5) is 0 Å². The first-order chi connectivity index (χ1) is 5.14. The molecule has 0 spiro atoms. The van der Waals surface area contributed by atoms with E-state index in [0.717, 1.165) is 19.6 Å². The first-order valence-corrected chi connectivity index (χ1v) is 5.68. The maximum atomic E-state index is 9.24. The van der Waals surface area contributed by atoms with Gasteiger partial charge in [-0.2, -0.15) is 10.6 Å². The van der Waals surface area contributed by atoms with E-state index in [1.807, 2.05) is 0 Å². The van der Waals surface area contributed by atoms with Gasteiger partial charge in [-0.15, -0.1) is 0 Å². The molecule has 11 heavy (non-hydrogen) atoms. The van der Waals surface area contributed by atoms with E-state index >= 15 is 0 Å². The third-order valence-corrected chi connectivity index (χ3v) is 3.59. The normalized spacial score (nSPS) is 28.3. The van der Waals surface area contributed by atoms with Gasteiger partial charge in [-0.25, -0.2) is 0 Å². The Morgan fingerprint density at radius 3 is 2.27 bits per heavy atom. The molecular formula is C6H16N2O2S. The Kier molecular flexibility index (Phi) is 3.15. The summed E-state index contributed by atoms with van der Waals surface area (Å²) in [4.78, 5) is 2.16. The first-order valence-electron chi connectivity index (χ1n) is 3.80. The van der Waals surface area contributed by atoms with Crippen molar-refractivity contribution in [1.29, 1.82) is 0 Å².